The third kappa shape index (κ3) is 2.64. The molecule has 1 nitrogen and oxygen atoms in total. The summed E-state index contributed by atoms with van der Waals surface area (Å²) in [5.41, 5.74) is 7.79. The summed E-state index contributed by atoms with van der Waals surface area (Å²) in [6.45, 7) is 0. The Balaban J connectivity index is 2.33. The Hall–Kier alpha value is -1.28. The van der Waals surface area contributed by atoms with Gasteiger partial charge in [-0.2, -0.15) is 0 Å². The molecule has 0 saturated heterocycles. The molecule has 82 valence electrons. The van der Waals surface area contributed by atoms with Gasteiger partial charge >= 0.3 is 0 Å². The molecule has 0 fully saturated rings. The van der Waals surface area contributed by atoms with Crippen molar-refractivity contribution in [3.05, 3.63) is 48.0 Å². The van der Waals surface area contributed by atoms with Gasteiger partial charge < -0.3 is 5.73 Å². The van der Waals surface area contributed by atoms with E-state index < -0.39 is 0 Å². The number of nitrogen functional groups attached to an aromatic ring is 1. The van der Waals surface area contributed by atoms with Crippen molar-refractivity contribution in [3.63, 3.8) is 0 Å². The quantitative estimate of drug-likeness (QED) is 0.659. The molecule has 2 heteroatoms. The van der Waals surface area contributed by atoms with Crippen LogP contribution in [0.4, 0.5) is 5.69 Å². The second-order valence-corrected chi connectivity index (χ2v) is 4.54. The largest absolute Gasteiger partial charge is 0.399 e. The number of hydrogen-bond donors (Lipinski definition) is 1. The van der Waals surface area contributed by atoms with Gasteiger partial charge in [0.2, 0.25) is 0 Å². The van der Waals surface area contributed by atoms with Crippen LogP contribution >= 0.6 is 15.9 Å². The molecule has 0 unspecified atom stereocenters. The third-order valence-electron chi connectivity index (χ3n) is 2.47. The highest BCUT2D eigenvalue weighted by atomic mass is 79.9. The van der Waals surface area contributed by atoms with Crippen molar-refractivity contribution in [2.75, 3.05) is 11.1 Å². The normalized spacial score (nSPS) is 11.3. The highest BCUT2D eigenvalue weighted by molar-refractivity contribution is 9.09. The summed E-state index contributed by atoms with van der Waals surface area (Å²) in [5.74, 6) is 0. The van der Waals surface area contributed by atoms with Gasteiger partial charge in [0.1, 0.15) is 0 Å². The monoisotopic (exact) mass is 275 g/mol. The third-order valence-corrected chi connectivity index (χ3v) is 2.93. The summed E-state index contributed by atoms with van der Waals surface area (Å²) in [5, 5.41) is 3.43. The predicted octanol–water partition coefficient (Wildman–Crippen LogP) is 4.22. The Morgan fingerprint density at radius 3 is 2.62 bits per heavy atom. The maximum absolute atomic E-state index is 5.74. The molecule has 0 amide bonds. The summed E-state index contributed by atoms with van der Waals surface area (Å²) < 4.78 is 0. The first kappa shape index (κ1) is 11.2. The Morgan fingerprint density at radius 1 is 1.06 bits per heavy atom. The van der Waals surface area contributed by atoms with Gasteiger partial charge in [0.25, 0.3) is 0 Å². The zero-order chi connectivity index (χ0) is 11.4. The summed E-state index contributed by atoms with van der Waals surface area (Å²) in [6, 6.07) is 12.4. The summed E-state index contributed by atoms with van der Waals surface area (Å²) >= 11 is 3.41. The van der Waals surface area contributed by atoms with Crippen LogP contribution in [0.5, 0.6) is 0 Å². The molecule has 0 atom stereocenters. The van der Waals surface area contributed by atoms with E-state index in [-0.39, 0.29) is 0 Å². The minimum atomic E-state index is 0.815. The van der Waals surface area contributed by atoms with Crippen molar-refractivity contribution in [1.82, 2.24) is 0 Å². The number of hydrogen-bond acceptors (Lipinski definition) is 1. The Labute approximate surface area is 104 Å². The van der Waals surface area contributed by atoms with Gasteiger partial charge in [0.05, 0.1) is 0 Å². The van der Waals surface area contributed by atoms with Crippen LogP contribution in [0, 0.1) is 0 Å². The lowest BCUT2D eigenvalue weighted by atomic mass is 10.1. The van der Waals surface area contributed by atoms with Crippen LogP contribution in [0.3, 0.4) is 0 Å². The molecule has 0 aliphatic carbocycles. The second kappa shape index (κ2) is 5.17. The van der Waals surface area contributed by atoms with Crippen molar-refractivity contribution in [2.24, 2.45) is 0 Å². The average molecular weight is 276 g/mol. The van der Waals surface area contributed by atoms with E-state index in [4.69, 9.17) is 5.73 Å². The number of anilines is 1. The van der Waals surface area contributed by atoms with Crippen LogP contribution in [-0.4, -0.2) is 5.33 Å². The molecule has 0 heterocycles. The molecule has 16 heavy (non-hydrogen) atoms. The number of alkyl halides is 1. The Kier molecular flexibility index (Phi) is 3.62. The van der Waals surface area contributed by atoms with Gasteiger partial charge in [0, 0.05) is 11.0 Å². The Bertz CT molecular complexity index is 517. The topological polar surface area (TPSA) is 26.0 Å². The van der Waals surface area contributed by atoms with Gasteiger partial charge in [-0.1, -0.05) is 46.3 Å². The molecular formula is C14H14BrN. The molecule has 0 radical (unpaired) electrons. The van der Waals surface area contributed by atoms with Crippen molar-refractivity contribution >= 4 is 38.5 Å². The first-order chi connectivity index (χ1) is 7.79. The molecular weight excluding hydrogens is 262 g/mol. The lowest BCUT2D eigenvalue weighted by Crippen LogP contribution is -1.83. The fourth-order valence-corrected chi connectivity index (χ4v) is 1.93. The Morgan fingerprint density at radius 2 is 1.81 bits per heavy atom. The van der Waals surface area contributed by atoms with E-state index in [1.165, 1.54) is 16.3 Å². The molecule has 2 N–H and O–H groups in total. The van der Waals surface area contributed by atoms with E-state index in [1.807, 2.05) is 12.1 Å². The van der Waals surface area contributed by atoms with E-state index in [9.17, 15) is 0 Å². The number of benzene rings is 2. The van der Waals surface area contributed by atoms with Crippen LogP contribution in [-0.2, 0) is 0 Å². The maximum Gasteiger partial charge on any atom is 0.0320 e. The van der Waals surface area contributed by atoms with Gasteiger partial charge in [-0.3, -0.25) is 0 Å². The molecule has 0 aliphatic heterocycles. The van der Waals surface area contributed by atoms with Crippen LogP contribution in [0.25, 0.3) is 16.8 Å². The van der Waals surface area contributed by atoms with Crippen LogP contribution in [0.2, 0.25) is 0 Å². The van der Waals surface area contributed by atoms with E-state index in [2.05, 4.69) is 52.3 Å². The highest BCUT2D eigenvalue weighted by Gasteiger charge is 1.94. The fraction of sp³-hybridized carbons (Fsp3) is 0.143. The van der Waals surface area contributed by atoms with E-state index in [0.29, 0.717) is 0 Å². The smallest absolute Gasteiger partial charge is 0.0320 e. The molecule has 0 aromatic heterocycles. The number of halogens is 1. The van der Waals surface area contributed by atoms with Gasteiger partial charge in [0.15, 0.2) is 0 Å². The molecule has 2 aromatic carbocycles. The molecule has 2 aromatic rings. The first-order valence-corrected chi connectivity index (χ1v) is 6.43. The summed E-state index contributed by atoms with van der Waals surface area (Å²) in [7, 11) is 0. The summed E-state index contributed by atoms with van der Waals surface area (Å²) in [6.07, 6.45) is 5.38. The van der Waals surface area contributed by atoms with Crippen LogP contribution in [0.1, 0.15) is 12.0 Å². The van der Waals surface area contributed by atoms with Crippen molar-refractivity contribution in [1.29, 1.82) is 0 Å². The number of rotatable bonds is 3. The second-order valence-electron chi connectivity index (χ2n) is 3.75. The minimum Gasteiger partial charge on any atom is -0.399 e. The highest BCUT2D eigenvalue weighted by Crippen LogP contribution is 2.19. The van der Waals surface area contributed by atoms with Crippen LogP contribution < -0.4 is 5.73 Å². The molecule has 0 spiro atoms. The van der Waals surface area contributed by atoms with Gasteiger partial charge in [-0.05, 0) is 41.0 Å². The maximum atomic E-state index is 5.74. The summed E-state index contributed by atoms with van der Waals surface area (Å²) in [4.78, 5) is 0. The predicted molar refractivity (Wildman–Crippen MR) is 75.8 cm³/mol. The van der Waals surface area contributed by atoms with Crippen molar-refractivity contribution < 1.29 is 0 Å². The number of nitrogens with two attached hydrogens (primary N) is 1. The van der Waals surface area contributed by atoms with E-state index in [1.54, 1.807) is 0 Å². The zero-order valence-electron chi connectivity index (χ0n) is 8.99. The minimum absolute atomic E-state index is 0.815. The lowest BCUT2D eigenvalue weighted by molar-refractivity contribution is 1.27. The average Bonchev–Trinajstić information content (AvgIpc) is 2.29. The SMILES string of the molecule is Nc1ccc2cc(C=CCCBr)ccc2c1. The fourth-order valence-electron chi connectivity index (χ4n) is 1.67. The first-order valence-electron chi connectivity index (χ1n) is 5.31. The standard InChI is InChI=1S/C14H14BrN/c15-8-2-1-3-11-4-5-13-10-14(16)7-6-12(13)9-11/h1,3-7,9-10H,2,8,16H2. The van der Waals surface area contributed by atoms with E-state index >= 15 is 0 Å². The van der Waals surface area contributed by atoms with Gasteiger partial charge in [-0.15, -0.1) is 0 Å². The number of allylic oxidation sites excluding steroid dienone is 1. The van der Waals surface area contributed by atoms with Crippen LogP contribution in [0.15, 0.2) is 42.5 Å². The molecule has 0 aliphatic rings. The van der Waals surface area contributed by atoms with Crippen molar-refractivity contribution in [3.8, 4) is 0 Å². The van der Waals surface area contributed by atoms with E-state index in [0.717, 1.165) is 17.4 Å². The molecule has 0 saturated carbocycles. The van der Waals surface area contributed by atoms with Crippen molar-refractivity contribution in [2.45, 2.75) is 6.42 Å². The molecule has 2 rings (SSSR count). The lowest BCUT2D eigenvalue weighted by Gasteiger charge is -2.01. The van der Waals surface area contributed by atoms with Gasteiger partial charge in [-0.25, -0.2) is 0 Å². The molecule has 0 bridgehead atoms. The number of fused-ring (bicyclic) bond motifs is 1. The zero-order valence-corrected chi connectivity index (χ0v) is 10.6.